The van der Waals surface area contributed by atoms with Gasteiger partial charge in [0.1, 0.15) is 5.75 Å². The third kappa shape index (κ3) is 6.79. The average molecular weight is 531 g/mol. The van der Waals surface area contributed by atoms with E-state index in [1.165, 1.54) is 38.5 Å². The molecule has 1 unspecified atom stereocenters. The first-order valence-corrected chi connectivity index (χ1v) is 14.4. The molecule has 35 heavy (non-hydrogen) atoms. The summed E-state index contributed by atoms with van der Waals surface area (Å²) in [7, 11) is 0. The molecule has 0 bridgehead atoms. The lowest BCUT2D eigenvalue weighted by molar-refractivity contribution is -0.0509. The van der Waals surface area contributed by atoms with Crippen molar-refractivity contribution in [2.75, 3.05) is 17.7 Å². The number of anilines is 1. The first-order chi connectivity index (χ1) is 17.1. The molecule has 0 fully saturated rings. The monoisotopic (exact) mass is 530 g/mol. The summed E-state index contributed by atoms with van der Waals surface area (Å²) in [5.74, 6) is 1.43. The zero-order valence-corrected chi connectivity index (χ0v) is 22.5. The zero-order valence-electron chi connectivity index (χ0n) is 20.1. The van der Waals surface area contributed by atoms with Crippen LogP contribution in [0.25, 0.3) is 10.2 Å². The highest BCUT2D eigenvalue weighted by molar-refractivity contribution is 8.01. The van der Waals surface area contributed by atoms with Crippen LogP contribution in [-0.4, -0.2) is 29.4 Å². The number of nitrogens with one attached hydrogen (secondary N) is 1. The summed E-state index contributed by atoms with van der Waals surface area (Å²) >= 11 is 9.65. The van der Waals surface area contributed by atoms with Crippen LogP contribution in [0.3, 0.4) is 0 Å². The van der Waals surface area contributed by atoms with Crippen molar-refractivity contribution in [3.8, 4) is 5.75 Å². The van der Waals surface area contributed by atoms with Gasteiger partial charge in [0.2, 0.25) is 12.1 Å². The Balaban J connectivity index is 1.42. The Morgan fingerprint density at radius 3 is 2.80 bits per heavy atom. The van der Waals surface area contributed by atoms with Gasteiger partial charge in [0, 0.05) is 29.3 Å². The molecule has 0 radical (unpaired) electrons. The van der Waals surface area contributed by atoms with E-state index in [0.717, 1.165) is 26.0 Å². The molecule has 8 heteroatoms. The maximum absolute atomic E-state index is 13.2. The van der Waals surface area contributed by atoms with Gasteiger partial charge in [-0.1, -0.05) is 62.4 Å². The van der Waals surface area contributed by atoms with E-state index < -0.39 is 6.29 Å². The van der Waals surface area contributed by atoms with E-state index in [9.17, 15) is 4.79 Å². The van der Waals surface area contributed by atoms with Crippen LogP contribution in [0.5, 0.6) is 5.75 Å². The number of unbranched alkanes of at least 4 members (excludes halogenated alkanes) is 5. The number of fused-ring (bicyclic) bond motifs is 2. The summed E-state index contributed by atoms with van der Waals surface area (Å²) in [6.07, 6.45) is 8.72. The van der Waals surface area contributed by atoms with Crippen LogP contribution in [0.2, 0.25) is 5.02 Å². The number of ketones is 1. The van der Waals surface area contributed by atoms with Gasteiger partial charge < -0.3 is 14.8 Å². The summed E-state index contributed by atoms with van der Waals surface area (Å²) in [4.78, 5) is 17.9. The zero-order chi connectivity index (χ0) is 24.6. The van der Waals surface area contributed by atoms with Crippen molar-refractivity contribution in [2.24, 2.45) is 0 Å². The standard InChI is InChI=1S/C27H31ClN2O3S2/c1-3-5-6-7-8-9-14-34-27-30-22-12-11-19(16-24(22)35-27)29-17-21-25(31)20-15-18(28)10-13-23(20)33-26(21)32-4-2/h10-13,15-17,26,29H,3-9,14H2,1-2H3/b21-17-. The SMILES string of the molecule is CCCCCCCCSc1nc2ccc(N/C=C3/C(=O)c4cc(Cl)ccc4OC3OCC)cc2s1. The lowest BCUT2D eigenvalue weighted by Gasteiger charge is -2.27. The van der Waals surface area contributed by atoms with E-state index in [2.05, 4.69) is 18.3 Å². The van der Waals surface area contributed by atoms with Crippen LogP contribution < -0.4 is 10.1 Å². The van der Waals surface area contributed by atoms with Crippen molar-refractivity contribution in [3.63, 3.8) is 0 Å². The van der Waals surface area contributed by atoms with Gasteiger partial charge in [0.15, 0.2) is 4.34 Å². The lowest BCUT2D eigenvalue weighted by atomic mass is 10.00. The molecular weight excluding hydrogens is 500 g/mol. The number of ether oxygens (including phenoxy) is 2. The quantitative estimate of drug-likeness (QED) is 0.144. The summed E-state index contributed by atoms with van der Waals surface area (Å²) in [6.45, 7) is 4.54. The minimum Gasteiger partial charge on any atom is -0.460 e. The largest absolute Gasteiger partial charge is 0.460 e. The summed E-state index contributed by atoms with van der Waals surface area (Å²) in [5, 5.41) is 3.74. The molecule has 1 N–H and O–H groups in total. The van der Waals surface area contributed by atoms with E-state index in [1.807, 2.05) is 30.8 Å². The third-order valence-corrected chi connectivity index (χ3v) is 8.22. The number of benzene rings is 2. The number of thioether (sulfide) groups is 1. The fraction of sp³-hybridized carbons (Fsp3) is 0.407. The Hall–Kier alpha value is -2.06. The van der Waals surface area contributed by atoms with Crippen molar-refractivity contribution in [1.82, 2.24) is 4.98 Å². The van der Waals surface area contributed by atoms with E-state index in [0.29, 0.717) is 28.5 Å². The van der Waals surface area contributed by atoms with Crippen molar-refractivity contribution in [3.05, 3.63) is 58.8 Å². The number of nitrogens with zero attached hydrogens (tertiary/aromatic N) is 1. The number of carbonyl (C=O) groups excluding carboxylic acids is 1. The van der Waals surface area contributed by atoms with Gasteiger partial charge in [0.05, 0.1) is 21.4 Å². The normalized spacial score (nSPS) is 16.5. The molecule has 0 aliphatic carbocycles. The minimum absolute atomic E-state index is 0.160. The number of aromatic nitrogens is 1. The number of hydrogen-bond donors (Lipinski definition) is 1. The summed E-state index contributed by atoms with van der Waals surface area (Å²) < 4.78 is 13.8. The molecule has 1 aromatic heterocycles. The van der Waals surface area contributed by atoms with E-state index in [4.69, 9.17) is 26.1 Å². The second-order valence-corrected chi connectivity index (χ2v) is 11.2. The van der Waals surface area contributed by atoms with E-state index >= 15 is 0 Å². The summed E-state index contributed by atoms with van der Waals surface area (Å²) in [5.41, 5.74) is 2.71. The Labute approximate surface area is 220 Å². The molecule has 186 valence electrons. The Morgan fingerprint density at radius 2 is 1.97 bits per heavy atom. The van der Waals surface area contributed by atoms with Gasteiger partial charge in [-0.05, 0) is 49.7 Å². The molecule has 2 aromatic carbocycles. The highest BCUT2D eigenvalue weighted by Crippen LogP contribution is 2.34. The Bertz CT molecular complexity index is 1190. The average Bonchev–Trinajstić information content (AvgIpc) is 3.26. The van der Waals surface area contributed by atoms with Crippen LogP contribution in [0.1, 0.15) is 62.7 Å². The smallest absolute Gasteiger partial charge is 0.232 e. The van der Waals surface area contributed by atoms with Crippen molar-refractivity contribution in [2.45, 2.75) is 63.0 Å². The first kappa shape index (κ1) is 26.0. The second-order valence-electron chi connectivity index (χ2n) is 8.40. The fourth-order valence-electron chi connectivity index (χ4n) is 3.89. The van der Waals surface area contributed by atoms with Gasteiger partial charge in [-0.3, -0.25) is 4.79 Å². The van der Waals surface area contributed by atoms with Crippen LogP contribution in [0.15, 0.2) is 52.5 Å². The highest BCUT2D eigenvalue weighted by Gasteiger charge is 2.32. The molecule has 0 spiro atoms. The molecule has 1 aliphatic rings. The number of rotatable bonds is 12. The predicted octanol–water partition coefficient (Wildman–Crippen LogP) is 8.34. The number of Topliss-reactive ketones (excluding diaryl/α,β-unsaturated/α-hetero) is 1. The highest BCUT2D eigenvalue weighted by atomic mass is 35.5. The maximum Gasteiger partial charge on any atom is 0.232 e. The van der Waals surface area contributed by atoms with Gasteiger partial charge in [-0.25, -0.2) is 4.98 Å². The second kappa shape index (κ2) is 12.8. The molecule has 1 atom stereocenters. The van der Waals surface area contributed by atoms with Gasteiger partial charge in [-0.2, -0.15) is 0 Å². The first-order valence-electron chi connectivity index (χ1n) is 12.2. The Morgan fingerprint density at radius 1 is 1.14 bits per heavy atom. The lowest BCUT2D eigenvalue weighted by Crippen LogP contribution is -2.33. The number of halogens is 1. The Kier molecular flexibility index (Phi) is 9.49. The van der Waals surface area contributed by atoms with Crippen LogP contribution in [-0.2, 0) is 4.74 Å². The fourth-order valence-corrected chi connectivity index (χ4v) is 6.24. The van der Waals surface area contributed by atoms with Crippen molar-refractivity contribution in [1.29, 1.82) is 0 Å². The van der Waals surface area contributed by atoms with Gasteiger partial charge in [-0.15, -0.1) is 11.3 Å². The minimum atomic E-state index is -0.772. The van der Waals surface area contributed by atoms with Crippen molar-refractivity contribution < 1.29 is 14.3 Å². The van der Waals surface area contributed by atoms with Crippen LogP contribution >= 0.6 is 34.7 Å². The van der Waals surface area contributed by atoms with Gasteiger partial charge >= 0.3 is 0 Å². The van der Waals surface area contributed by atoms with E-state index in [-0.39, 0.29) is 5.78 Å². The third-order valence-electron chi connectivity index (χ3n) is 5.74. The molecule has 2 heterocycles. The molecule has 5 nitrogen and oxygen atoms in total. The topological polar surface area (TPSA) is 60.5 Å². The molecule has 1 aliphatic heterocycles. The molecule has 0 amide bonds. The van der Waals surface area contributed by atoms with Gasteiger partial charge in [0.25, 0.3) is 0 Å². The van der Waals surface area contributed by atoms with E-state index in [1.54, 1.807) is 35.7 Å². The molecule has 0 saturated carbocycles. The number of thiazole rings is 1. The molecule has 4 rings (SSSR count). The number of carbonyl (C=O) groups is 1. The molecular formula is C27H31ClN2O3S2. The maximum atomic E-state index is 13.2. The summed E-state index contributed by atoms with van der Waals surface area (Å²) in [6, 6.07) is 11.1. The predicted molar refractivity (Wildman–Crippen MR) is 147 cm³/mol. The van der Waals surface area contributed by atoms with Crippen molar-refractivity contribution >= 4 is 56.4 Å². The molecule has 0 saturated heterocycles. The van der Waals surface area contributed by atoms with Crippen LogP contribution in [0.4, 0.5) is 5.69 Å². The number of hydrogen-bond acceptors (Lipinski definition) is 7. The molecule has 3 aromatic rings. The van der Waals surface area contributed by atoms with Crippen LogP contribution in [0, 0.1) is 0 Å².